The molecule has 0 saturated carbocycles. The summed E-state index contributed by atoms with van der Waals surface area (Å²) in [4.78, 5) is 13.8. The van der Waals surface area contributed by atoms with Crippen LogP contribution in [0.4, 0.5) is 5.95 Å². The van der Waals surface area contributed by atoms with Crippen LogP contribution in [0.15, 0.2) is 12.4 Å². The monoisotopic (exact) mass is 261 g/mol. The molecule has 2 fully saturated rings. The Morgan fingerprint density at radius 2 is 1.84 bits per heavy atom. The number of hydrogen-bond donors (Lipinski definition) is 1. The minimum absolute atomic E-state index is 0.511. The molecule has 3 heterocycles. The smallest absolute Gasteiger partial charge is 0.225 e. The summed E-state index contributed by atoms with van der Waals surface area (Å²) >= 11 is 0. The van der Waals surface area contributed by atoms with Crippen LogP contribution in [0.2, 0.25) is 0 Å². The summed E-state index contributed by atoms with van der Waals surface area (Å²) in [6.07, 6.45) is 9.04. The first-order valence-electron chi connectivity index (χ1n) is 7.37. The molecular formula is C14H23N5. The molecule has 0 bridgehead atoms. The number of nitrogens with zero attached hydrogens (tertiary/aromatic N) is 4. The Morgan fingerprint density at radius 1 is 1.11 bits per heavy atom. The number of piperidine rings is 1. The zero-order valence-electron chi connectivity index (χ0n) is 11.5. The van der Waals surface area contributed by atoms with Crippen molar-refractivity contribution in [1.29, 1.82) is 0 Å². The molecule has 0 aliphatic carbocycles. The lowest BCUT2D eigenvalue weighted by Crippen LogP contribution is -2.41. The van der Waals surface area contributed by atoms with E-state index in [1.807, 2.05) is 12.4 Å². The standard InChI is InChI=1S/C14H23N5/c15-8-12-9-16-14(17-10-12)19-7-4-13(11-19)18-5-2-1-3-6-18/h9-10,13H,1-8,11,15H2. The van der Waals surface area contributed by atoms with E-state index in [1.165, 1.54) is 38.8 Å². The first-order chi connectivity index (χ1) is 9.36. The third-order valence-electron chi connectivity index (χ3n) is 4.28. The molecule has 2 N–H and O–H groups in total. The maximum atomic E-state index is 5.57. The molecule has 0 spiro atoms. The summed E-state index contributed by atoms with van der Waals surface area (Å²) < 4.78 is 0. The van der Waals surface area contributed by atoms with Gasteiger partial charge in [0.1, 0.15) is 0 Å². The summed E-state index contributed by atoms with van der Waals surface area (Å²) in [6.45, 7) is 5.19. The molecule has 1 aromatic rings. The van der Waals surface area contributed by atoms with Gasteiger partial charge in [0, 0.05) is 43.6 Å². The average molecular weight is 261 g/mol. The van der Waals surface area contributed by atoms with Crippen LogP contribution in [-0.4, -0.2) is 47.1 Å². The quantitative estimate of drug-likeness (QED) is 0.879. The maximum absolute atomic E-state index is 5.57. The van der Waals surface area contributed by atoms with E-state index < -0.39 is 0 Å². The molecule has 19 heavy (non-hydrogen) atoms. The molecule has 0 amide bonds. The van der Waals surface area contributed by atoms with Crippen molar-refractivity contribution >= 4 is 5.95 Å². The van der Waals surface area contributed by atoms with E-state index >= 15 is 0 Å². The van der Waals surface area contributed by atoms with Crippen LogP contribution in [0.25, 0.3) is 0 Å². The Bertz CT molecular complexity index is 399. The van der Waals surface area contributed by atoms with Crippen LogP contribution in [-0.2, 0) is 6.54 Å². The Labute approximate surface area is 114 Å². The van der Waals surface area contributed by atoms with Gasteiger partial charge in [-0.15, -0.1) is 0 Å². The van der Waals surface area contributed by atoms with Gasteiger partial charge in [0.05, 0.1) is 0 Å². The highest BCUT2D eigenvalue weighted by molar-refractivity contribution is 5.32. The van der Waals surface area contributed by atoms with Crippen LogP contribution in [0.3, 0.4) is 0 Å². The summed E-state index contributed by atoms with van der Waals surface area (Å²) in [7, 11) is 0. The van der Waals surface area contributed by atoms with Gasteiger partial charge in [-0.2, -0.15) is 0 Å². The Hall–Kier alpha value is -1.20. The first kappa shape index (κ1) is 12.8. The van der Waals surface area contributed by atoms with Crippen molar-refractivity contribution in [1.82, 2.24) is 14.9 Å². The molecule has 1 unspecified atom stereocenters. The van der Waals surface area contributed by atoms with E-state index in [9.17, 15) is 0 Å². The Balaban J connectivity index is 1.61. The largest absolute Gasteiger partial charge is 0.339 e. The molecule has 104 valence electrons. The van der Waals surface area contributed by atoms with Crippen molar-refractivity contribution in [3.8, 4) is 0 Å². The molecule has 0 radical (unpaired) electrons. The van der Waals surface area contributed by atoms with Crippen molar-refractivity contribution in [2.24, 2.45) is 5.73 Å². The lowest BCUT2D eigenvalue weighted by Gasteiger charge is -2.32. The molecule has 2 aliphatic rings. The highest BCUT2D eigenvalue weighted by atomic mass is 15.3. The van der Waals surface area contributed by atoms with Crippen LogP contribution in [0.5, 0.6) is 0 Å². The van der Waals surface area contributed by atoms with E-state index in [4.69, 9.17) is 5.73 Å². The van der Waals surface area contributed by atoms with Gasteiger partial charge < -0.3 is 10.6 Å². The summed E-state index contributed by atoms with van der Waals surface area (Å²) in [5.74, 6) is 0.858. The predicted octanol–water partition coefficient (Wildman–Crippen LogP) is 1.000. The van der Waals surface area contributed by atoms with Gasteiger partial charge in [0.2, 0.25) is 5.95 Å². The Kier molecular flexibility index (Phi) is 3.94. The zero-order valence-corrected chi connectivity index (χ0v) is 11.5. The minimum Gasteiger partial charge on any atom is -0.339 e. The number of nitrogens with two attached hydrogens (primary N) is 1. The third-order valence-corrected chi connectivity index (χ3v) is 4.28. The maximum Gasteiger partial charge on any atom is 0.225 e. The third kappa shape index (κ3) is 2.87. The number of likely N-dealkylation sites (tertiary alicyclic amines) is 1. The molecule has 2 saturated heterocycles. The molecule has 1 atom stereocenters. The van der Waals surface area contributed by atoms with Crippen molar-refractivity contribution in [2.75, 3.05) is 31.1 Å². The van der Waals surface area contributed by atoms with Gasteiger partial charge in [0.25, 0.3) is 0 Å². The van der Waals surface area contributed by atoms with E-state index in [0.29, 0.717) is 12.6 Å². The van der Waals surface area contributed by atoms with Gasteiger partial charge in [-0.1, -0.05) is 6.42 Å². The lowest BCUT2D eigenvalue weighted by molar-refractivity contribution is 0.174. The van der Waals surface area contributed by atoms with Gasteiger partial charge in [-0.3, -0.25) is 4.90 Å². The van der Waals surface area contributed by atoms with E-state index in [2.05, 4.69) is 19.8 Å². The summed E-state index contributed by atoms with van der Waals surface area (Å²) in [5, 5.41) is 0. The van der Waals surface area contributed by atoms with Crippen LogP contribution in [0.1, 0.15) is 31.2 Å². The second-order valence-electron chi connectivity index (χ2n) is 5.58. The molecule has 1 aromatic heterocycles. The lowest BCUT2D eigenvalue weighted by atomic mass is 10.1. The molecule has 0 aromatic carbocycles. The van der Waals surface area contributed by atoms with Gasteiger partial charge in [-0.05, 0) is 32.4 Å². The summed E-state index contributed by atoms with van der Waals surface area (Å²) in [5.41, 5.74) is 6.57. The second kappa shape index (κ2) is 5.84. The number of anilines is 1. The van der Waals surface area contributed by atoms with Crippen molar-refractivity contribution in [3.63, 3.8) is 0 Å². The fourth-order valence-electron chi connectivity index (χ4n) is 3.12. The van der Waals surface area contributed by atoms with Gasteiger partial charge in [0.15, 0.2) is 0 Å². The summed E-state index contributed by atoms with van der Waals surface area (Å²) in [6, 6.07) is 0.693. The van der Waals surface area contributed by atoms with Gasteiger partial charge in [-0.25, -0.2) is 9.97 Å². The molecule has 5 nitrogen and oxygen atoms in total. The average Bonchev–Trinajstić information content (AvgIpc) is 2.98. The van der Waals surface area contributed by atoms with Crippen molar-refractivity contribution < 1.29 is 0 Å². The van der Waals surface area contributed by atoms with Gasteiger partial charge >= 0.3 is 0 Å². The van der Waals surface area contributed by atoms with Crippen molar-refractivity contribution in [3.05, 3.63) is 18.0 Å². The highest BCUT2D eigenvalue weighted by Gasteiger charge is 2.29. The molecule has 3 rings (SSSR count). The minimum atomic E-state index is 0.511. The highest BCUT2D eigenvalue weighted by Crippen LogP contribution is 2.22. The number of aromatic nitrogens is 2. The normalized spacial score (nSPS) is 24.9. The Morgan fingerprint density at radius 3 is 2.53 bits per heavy atom. The SMILES string of the molecule is NCc1cnc(N2CCC(N3CCCCC3)C2)nc1. The van der Waals surface area contributed by atoms with Crippen LogP contribution < -0.4 is 10.6 Å². The molecule has 2 aliphatic heterocycles. The molecule has 5 heteroatoms. The fraction of sp³-hybridized carbons (Fsp3) is 0.714. The van der Waals surface area contributed by atoms with Crippen LogP contribution in [0, 0.1) is 0 Å². The molecular weight excluding hydrogens is 238 g/mol. The van der Waals surface area contributed by atoms with E-state index in [1.54, 1.807) is 0 Å². The van der Waals surface area contributed by atoms with Crippen molar-refractivity contribution in [2.45, 2.75) is 38.3 Å². The number of hydrogen-bond acceptors (Lipinski definition) is 5. The number of rotatable bonds is 3. The van der Waals surface area contributed by atoms with E-state index in [-0.39, 0.29) is 0 Å². The zero-order chi connectivity index (χ0) is 13.1. The van der Waals surface area contributed by atoms with Crippen LogP contribution >= 0.6 is 0 Å². The van der Waals surface area contributed by atoms with E-state index in [0.717, 1.165) is 24.6 Å². The topological polar surface area (TPSA) is 58.3 Å². The second-order valence-corrected chi connectivity index (χ2v) is 5.58. The fourth-order valence-corrected chi connectivity index (χ4v) is 3.12. The first-order valence-corrected chi connectivity index (χ1v) is 7.37. The predicted molar refractivity (Wildman–Crippen MR) is 76.0 cm³/mol.